The third-order valence-electron chi connectivity index (χ3n) is 5.11. The normalized spacial score (nSPS) is 23.0. The molecule has 2 bridgehead atoms. The number of amides is 3. The van der Waals surface area contributed by atoms with Crippen molar-refractivity contribution < 1.29 is 29.0 Å². The van der Waals surface area contributed by atoms with Crippen molar-refractivity contribution in [2.45, 2.75) is 50.7 Å². The highest BCUT2D eigenvalue weighted by atomic mass is 16.5. The van der Waals surface area contributed by atoms with E-state index in [4.69, 9.17) is 4.74 Å². The van der Waals surface area contributed by atoms with Crippen LogP contribution < -0.4 is 15.4 Å². The fourth-order valence-electron chi connectivity index (χ4n) is 4.04. The van der Waals surface area contributed by atoms with E-state index in [1.165, 1.54) is 24.0 Å². The molecule has 0 aliphatic carbocycles. The number of nitrogens with one attached hydrogen (secondary N) is 2. The predicted octanol–water partition coefficient (Wildman–Crippen LogP) is 1.13. The van der Waals surface area contributed by atoms with E-state index in [0.29, 0.717) is 12.8 Å². The first-order chi connectivity index (χ1) is 13.3. The topological polar surface area (TPSA) is 125 Å². The van der Waals surface area contributed by atoms with Crippen molar-refractivity contribution in [3.63, 3.8) is 0 Å². The minimum atomic E-state index is -0.906. The third-order valence-corrected chi connectivity index (χ3v) is 5.11. The number of nitrogens with zero attached hydrogens (tertiary/aromatic N) is 1. The molecule has 0 radical (unpaired) electrons. The number of fused-ring (bicyclic) bond motifs is 2. The van der Waals surface area contributed by atoms with Crippen molar-refractivity contribution >= 4 is 23.9 Å². The SMILES string of the molecule is CC(=O)Oc1ccccc1C(=O)NCC(=O)NC1CC2CCC(C1)N2C(=O)O. The lowest BCUT2D eigenvalue weighted by Crippen LogP contribution is -2.53. The highest BCUT2D eigenvalue weighted by molar-refractivity contribution is 5.99. The molecule has 28 heavy (non-hydrogen) atoms. The summed E-state index contributed by atoms with van der Waals surface area (Å²) in [5.74, 6) is -1.27. The summed E-state index contributed by atoms with van der Waals surface area (Å²) in [6.07, 6.45) is 1.88. The van der Waals surface area contributed by atoms with Crippen LogP contribution in [0.5, 0.6) is 5.75 Å². The number of esters is 1. The molecule has 2 aliphatic heterocycles. The van der Waals surface area contributed by atoms with Crippen molar-refractivity contribution in [2.75, 3.05) is 6.54 Å². The van der Waals surface area contributed by atoms with Gasteiger partial charge in [0.25, 0.3) is 5.91 Å². The number of hydrogen-bond donors (Lipinski definition) is 3. The van der Waals surface area contributed by atoms with Gasteiger partial charge in [0.2, 0.25) is 5.91 Å². The summed E-state index contributed by atoms with van der Waals surface area (Å²) in [6.45, 7) is 1.02. The number of rotatable bonds is 5. The molecule has 2 fully saturated rings. The third kappa shape index (κ3) is 4.41. The smallest absolute Gasteiger partial charge is 0.407 e. The zero-order valence-corrected chi connectivity index (χ0v) is 15.5. The van der Waals surface area contributed by atoms with Gasteiger partial charge in [-0.25, -0.2) is 4.79 Å². The lowest BCUT2D eigenvalue weighted by atomic mass is 9.98. The Morgan fingerprint density at radius 3 is 2.39 bits per heavy atom. The molecule has 0 aromatic heterocycles. The standard InChI is InChI=1S/C19H23N3O6/c1-11(23)28-16-5-3-2-4-15(16)18(25)20-10-17(24)21-12-8-13-6-7-14(9-12)22(13)19(26)27/h2-5,12-14H,6-10H2,1H3,(H,20,25)(H,21,24)(H,26,27). The number of carbonyl (C=O) groups excluding carboxylic acids is 3. The van der Waals surface area contributed by atoms with Gasteiger partial charge >= 0.3 is 12.1 Å². The second kappa shape index (κ2) is 8.28. The van der Waals surface area contributed by atoms with Crippen LogP contribution in [0.25, 0.3) is 0 Å². The van der Waals surface area contributed by atoms with Gasteiger partial charge in [-0.3, -0.25) is 14.4 Å². The van der Waals surface area contributed by atoms with Crippen LogP contribution in [0, 0.1) is 0 Å². The Labute approximate surface area is 162 Å². The molecule has 1 aromatic carbocycles. The van der Waals surface area contributed by atoms with Crippen LogP contribution in [0.2, 0.25) is 0 Å². The summed E-state index contributed by atoms with van der Waals surface area (Å²) in [7, 11) is 0. The van der Waals surface area contributed by atoms with Gasteiger partial charge in [0, 0.05) is 25.0 Å². The molecule has 2 heterocycles. The van der Waals surface area contributed by atoms with Gasteiger partial charge in [-0.1, -0.05) is 12.1 Å². The number of para-hydroxylation sites is 1. The fourth-order valence-corrected chi connectivity index (χ4v) is 4.04. The number of benzene rings is 1. The van der Waals surface area contributed by atoms with E-state index < -0.39 is 18.0 Å². The second-order valence-corrected chi connectivity index (χ2v) is 7.08. The summed E-state index contributed by atoms with van der Waals surface area (Å²) in [4.78, 5) is 48.5. The van der Waals surface area contributed by atoms with Gasteiger partial charge in [0.15, 0.2) is 0 Å². The molecule has 9 nitrogen and oxygen atoms in total. The minimum absolute atomic E-state index is 0.0632. The van der Waals surface area contributed by atoms with Crippen LogP contribution >= 0.6 is 0 Å². The summed E-state index contributed by atoms with van der Waals surface area (Å²) in [5.41, 5.74) is 0.165. The van der Waals surface area contributed by atoms with Crippen LogP contribution in [-0.2, 0) is 9.59 Å². The van der Waals surface area contributed by atoms with Gasteiger partial charge in [-0.05, 0) is 37.8 Å². The first-order valence-corrected chi connectivity index (χ1v) is 9.21. The first kappa shape index (κ1) is 19.7. The van der Waals surface area contributed by atoms with Crippen molar-refractivity contribution in [2.24, 2.45) is 0 Å². The molecule has 2 aliphatic rings. The highest BCUT2D eigenvalue weighted by Crippen LogP contribution is 2.35. The van der Waals surface area contributed by atoms with E-state index >= 15 is 0 Å². The highest BCUT2D eigenvalue weighted by Gasteiger charge is 2.43. The minimum Gasteiger partial charge on any atom is -0.465 e. The van der Waals surface area contributed by atoms with Crippen molar-refractivity contribution in [3.05, 3.63) is 29.8 Å². The van der Waals surface area contributed by atoms with Gasteiger partial charge < -0.3 is 25.4 Å². The van der Waals surface area contributed by atoms with E-state index in [1.807, 2.05) is 0 Å². The van der Waals surface area contributed by atoms with E-state index in [9.17, 15) is 24.3 Å². The largest absolute Gasteiger partial charge is 0.465 e. The Bertz CT molecular complexity index is 782. The fraction of sp³-hybridized carbons (Fsp3) is 0.474. The van der Waals surface area contributed by atoms with Crippen molar-refractivity contribution in [1.82, 2.24) is 15.5 Å². The molecule has 0 spiro atoms. The average Bonchev–Trinajstić information content (AvgIpc) is 2.91. The van der Waals surface area contributed by atoms with Gasteiger partial charge in [0.05, 0.1) is 12.1 Å². The Morgan fingerprint density at radius 2 is 1.79 bits per heavy atom. The second-order valence-electron chi connectivity index (χ2n) is 7.08. The molecule has 1 aromatic rings. The average molecular weight is 389 g/mol. The van der Waals surface area contributed by atoms with Crippen LogP contribution in [0.15, 0.2) is 24.3 Å². The Hall–Kier alpha value is -3.10. The van der Waals surface area contributed by atoms with Crippen LogP contribution in [0.4, 0.5) is 4.79 Å². The zero-order valence-electron chi connectivity index (χ0n) is 15.5. The molecule has 2 saturated heterocycles. The quantitative estimate of drug-likeness (QED) is 0.512. The zero-order chi connectivity index (χ0) is 20.3. The van der Waals surface area contributed by atoms with Crippen molar-refractivity contribution in [3.8, 4) is 5.75 Å². The molecule has 9 heteroatoms. The molecule has 0 saturated carbocycles. The number of piperidine rings is 1. The molecule has 2 unspecified atom stereocenters. The lowest BCUT2D eigenvalue weighted by Gasteiger charge is -2.37. The maximum absolute atomic E-state index is 12.3. The lowest BCUT2D eigenvalue weighted by molar-refractivity contribution is -0.132. The molecule has 3 rings (SSSR count). The van der Waals surface area contributed by atoms with E-state index in [0.717, 1.165) is 12.8 Å². The number of carboxylic acid groups (broad SMARTS) is 1. The molecule has 3 amide bonds. The molecular formula is C19H23N3O6. The summed E-state index contributed by atoms with van der Waals surface area (Å²) in [5, 5.41) is 14.7. The number of ether oxygens (including phenoxy) is 1. The van der Waals surface area contributed by atoms with Gasteiger partial charge in [-0.15, -0.1) is 0 Å². The molecule has 2 atom stereocenters. The number of carbonyl (C=O) groups is 4. The van der Waals surface area contributed by atoms with E-state index in [1.54, 1.807) is 12.1 Å². The summed E-state index contributed by atoms with van der Waals surface area (Å²) < 4.78 is 5.00. The monoisotopic (exact) mass is 389 g/mol. The van der Waals surface area contributed by atoms with Crippen LogP contribution in [0.3, 0.4) is 0 Å². The van der Waals surface area contributed by atoms with Crippen molar-refractivity contribution in [1.29, 1.82) is 0 Å². The summed E-state index contributed by atoms with van der Waals surface area (Å²) >= 11 is 0. The van der Waals surface area contributed by atoms with Gasteiger partial charge in [-0.2, -0.15) is 0 Å². The Kier molecular flexibility index (Phi) is 5.81. The molecule has 150 valence electrons. The first-order valence-electron chi connectivity index (χ1n) is 9.21. The van der Waals surface area contributed by atoms with E-state index in [-0.39, 0.29) is 41.9 Å². The maximum atomic E-state index is 12.3. The van der Waals surface area contributed by atoms with Gasteiger partial charge in [0.1, 0.15) is 5.75 Å². The summed E-state index contributed by atoms with van der Waals surface area (Å²) in [6, 6.07) is 6.05. The van der Waals surface area contributed by atoms with Crippen LogP contribution in [0.1, 0.15) is 43.0 Å². The van der Waals surface area contributed by atoms with Crippen LogP contribution in [-0.4, -0.2) is 58.6 Å². The Morgan fingerprint density at radius 1 is 1.14 bits per heavy atom. The molecule has 3 N–H and O–H groups in total. The maximum Gasteiger partial charge on any atom is 0.407 e. The number of hydrogen-bond acceptors (Lipinski definition) is 5. The predicted molar refractivity (Wildman–Crippen MR) is 97.9 cm³/mol. The Balaban J connectivity index is 1.51. The molecular weight excluding hydrogens is 366 g/mol. The van der Waals surface area contributed by atoms with E-state index in [2.05, 4.69) is 10.6 Å².